The van der Waals surface area contributed by atoms with Gasteiger partial charge in [0, 0.05) is 32.9 Å². The average molecular weight is 410 g/mol. The molecule has 0 fully saturated rings. The summed E-state index contributed by atoms with van der Waals surface area (Å²) in [6.45, 7) is 1.36. The van der Waals surface area contributed by atoms with E-state index in [-0.39, 0.29) is 5.91 Å². The van der Waals surface area contributed by atoms with Crippen LogP contribution in [0.25, 0.3) is 0 Å². The normalized spacial score (nSPS) is 14.1. The molecule has 0 saturated carbocycles. The van der Waals surface area contributed by atoms with Gasteiger partial charge in [-0.15, -0.1) is 0 Å². The van der Waals surface area contributed by atoms with Gasteiger partial charge in [-0.3, -0.25) is 4.79 Å². The van der Waals surface area contributed by atoms with Gasteiger partial charge in [-0.2, -0.15) is 4.31 Å². The van der Waals surface area contributed by atoms with E-state index in [9.17, 15) is 13.2 Å². The molecule has 1 aromatic heterocycles. The van der Waals surface area contributed by atoms with E-state index in [1.54, 1.807) is 42.4 Å². The number of sulfonamides is 1. The molecule has 2 aromatic carbocycles. The van der Waals surface area contributed by atoms with Gasteiger partial charge >= 0.3 is 0 Å². The Bertz CT molecular complexity index is 1110. The SMILES string of the molecule is CN(Cc1ccccc1)S(=O)(=O)c1ccc2c(c1)CCN(C(=O)c1ccc[nH]1)C2. The lowest BCUT2D eigenvalue weighted by atomic mass is 9.99. The second-order valence-electron chi connectivity index (χ2n) is 7.24. The molecule has 0 spiro atoms. The van der Waals surface area contributed by atoms with E-state index < -0.39 is 10.0 Å². The van der Waals surface area contributed by atoms with Crippen LogP contribution < -0.4 is 0 Å². The van der Waals surface area contributed by atoms with Crippen LogP contribution in [0.15, 0.2) is 71.8 Å². The molecule has 2 heterocycles. The molecule has 3 aromatic rings. The van der Waals surface area contributed by atoms with Crippen LogP contribution in [0.2, 0.25) is 0 Å². The van der Waals surface area contributed by atoms with E-state index in [4.69, 9.17) is 0 Å². The summed E-state index contributed by atoms with van der Waals surface area (Å²) < 4.78 is 27.4. The van der Waals surface area contributed by atoms with Crippen LogP contribution in [0.3, 0.4) is 0 Å². The van der Waals surface area contributed by atoms with Crippen LogP contribution in [0.4, 0.5) is 0 Å². The number of amides is 1. The van der Waals surface area contributed by atoms with Crippen LogP contribution >= 0.6 is 0 Å². The number of nitrogens with one attached hydrogen (secondary N) is 1. The van der Waals surface area contributed by atoms with E-state index in [0.717, 1.165) is 16.7 Å². The van der Waals surface area contributed by atoms with Gasteiger partial charge in [-0.1, -0.05) is 36.4 Å². The first-order chi connectivity index (χ1) is 13.9. The summed E-state index contributed by atoms with van der Waals surface area (Å²) in [6.07, 6.45) is 2.36. The minimum Gasteiger partial charge on any atom is -0.357 e. The second-order valence-corrected chi connectivity index (χ2v) is 9.28. The third-order valence-electron chi connectivity index (χ3n) is 5.26. The zero-order chi connectivity index (χ0) is 20.4. The predicted octanol–water partition coefficient (Wildman–Crippen LogP) is 3.03. The Labute approximate surface area is 170 Å². The molecule has 1 aliphatic rings. The van der Waals surface area contributed by atoms with Gasteiger partial charge in [0.1, 0.15) is 5.69 Å². The van der Waals surface area contributed by atoms with Crippen molar-refractivity contribution in [2.45, 2.75) is 24.4 Å². The molecule has 6 nitrogen and oxygen atoms in total. The second kappa shape index (κ2) is 7.85. The Morgan fingerprint density at radius 3 is 2.59 bits per heavy atom. The summed E-state index contributed by atoms with van der Waals surface area (Å²) >= 11 is 0. The lowest BCUT2D eigenvalue weighted by molar-refractivity contribution is 0.0729. The molecule has 0 saturated heterocycles. The number of nitrogens with zero attached hydrogens (tertiary/aromatic N) is 2. The molecule has 150 valence electrons. The minimum absolute atomic E-state index is 0.0417. The number of aromatic nitrogens is 1. The number of aromatic amines is 1. The van der Waals surface area contributed by atoms with Crippen molar-refractivity contribution in [2.75, 3.05) is 13.6 Å². The lowest BCUT2D eigenvalue weighted by Crippen LogP contribution is -2.36. The number of benzene rings is 2. The van der Waals surface area contributed by atoms with Gasteiger partial charge < -0.3 is 9.88 Å². The van der Waals surface area contributed by atoms with Gasteiger partial charge in [0.2, 0.25) is 10.0 Å². The fourth-order valence-electron chi connectivity index (χ4n) is 3.60. The van der Waals surface area contributed by atoms with E-state index in [0.29, 0.717) is 36.6 Å². The maximum absolute atomic E-state index is 13.0. The zero-order valence-electron chi connectivity index (χ0n) is 16.2. The molecule has 4 rings (SSSR count). The molecule has 0 unspecified atom stereocenters. The number of carbonyl (C=O) groups excluding carboxylic acids is 1. The van der Waals surface area contributed by atoms with Crippen molar-refractivity contribution in [1.29, 1.82) is 0 Å². The molecule has 1 amide bonds. The molecule has 7 heteroatoms. The maximum atomic E-state index is 13.0. The average Bonchev–Trinajstić information content (AvgIpc) is 3.28. The smallest absolute Gasteiger partial charge is 0.270 e. The monoisotopic (exact) mass is 409 g/mol. The topological polar surface area (TPSA) is 73.5 Å². The predicted molar refractivity (Wildman–Crippen MR) is 111 cm³/mol. The molecule has 0 atom stereocenters. The van der Waals surface area contributed by atoms with Crippen molar-refractivity contribution in [2.24, 2.45) is 0 Å². The fraction of sp³-hybridized carbons (Fsp3) is 0.227. The van der Waals surface area contributed by atoms with Gasteiger partial charge in [0.15, 0.2) is 0 Å². The number of carbonyl (C=O) groups is 1. The number of rotatable bonds is 5. The van der Waals surface area contributed by atoms with Crippen LogP contribution in [0.1, 0.15) is 27.2 Å². The minimum atomic E-state index is -3.59. The standard InChI is InChI=1S/C22H23N3O3S/c1-24(15-17-6-3-2-4-7-17)29(27,28)20-10-9-19-16-25(13-11-18(19)14-20)22(26)21-8-5-12-23-21/h2-10,12,14,23H,11,13,15-16H2,1H3. The van der Waals surface area contributed by atoms with Gasteiger partial charge in [-0.25, -0.2) is 8.42 Å². The molecule has 1 N–H and O–H groups in total. The molecule has 0 bridgehead atoms. The summed E-state index contributed by atoms with van der Waals surface area (Å²) in [5.74, 6) is -0.0417. The Morgan fingerprint density at radius 2 is 1.86 bits per heavy atom. The third-order valence-corrected chi connectivity index (χ3v) is 7.06. The van der Waals surface area contributed by atoms with Gasteiger partial charge in [-0.05, 0) is 47.4 Å². The molecule has 0 radical (unpaired) electrons. The molecule has 0 aliphatic carbocycles. The van der Waals surface area contributed by atoms with Crippen LogP contribution in [-0.4, -0.2) is 42.1 Å². The zero-order valence-corrected chi connectivity index (χ0v) is 17.0. The lowest BCUT2D eigenvalue weighted by Gasteiger charge is -2.29. The Hall–Kier alpha value is -2.90. The van der Waals surface area contributed by atoms with E-state index in [2.05, 4.69) is 4.98 Å². The van der Waals surface area contributed by atoms with Crippen molar-refractivity contribution in [3.05, 3.63) is 89.2 Å². The third kappa shape index (κ3) is 3.97. The van der Waals surface area contributed by atoms with Crippen LogP contribution in [0.5, 0.6) is 0 Å². The molecular formula is C22H23N3O3S. The number of H-pyrrole nitrogens is 1. The first-order valence-electron chi connectivity index (χ1n) is 9.50. The number of hydrogen-bond acceptors (Lipinski definition) is 3. The van der Waals surface area contributed by atoms with E-state index in [1.807, 2.05) is 36.4 Å². The highest BCUT2D eigenvalue weighted by Gasteiger charge is 2.26. The molecular weight excluding hydrogens is 386 g/mol. The maximum Gasteiger partial charge on any atom is 0.270 e. The molecule has 1 aliphatic heterocycles. The van der Waals surface area contributed by atoms with Gasteiger partial charge in [0.05, 0.1) is 4.90 Å². The highest BCUT2D eigenvalue weighted by atomic mass is 32.2. The summed E-state index contributed by atoms with van der Waals surface area (Å²) in [6, 6.07) is 18.3. The Morgan fingerprint density at radius 1 is 1.07 bits per heavy atom. The highest BCUT2D eigenvalue weighted by molar-refractivity contribution is 7.89. The van der Waals surface area contributed by atoms with E-state index in [1.165, 1.54) is 4.31 Å². The van der Waals surface area contributed by atoms with E-state index >= 15 is 0 Å². The van der Waals surface area contributed by atoms with Crippen molar-refractivity contribution in [1.82, 2.24) is 14.2 Å². The Balaban J connectivity index is 1.52. The quantitative estimate of drug-likeness (QED) is 0.704. The summed E-state index contributed by atoms with van der Waals surface area (Å²) in [5, 5.41) is 0. The van der Waals surface area contributed by atoms with Crippen LogP contribution in [0, 0.1) is 0 Å². The number of hydrogen-bond donors (Lipinski definition) is 1. The van der Waals surface area contributed by atoms with Gasteiger partial charge in [0.25, 0.3) is 5.91 Å². The summed E-state index contributed by atoms with van der Waals surface area (Å²) in [5.41, 5.74) is 3.47. The van der Waals surface area contributed by atoms with Crippen molar-refractivity contribution in [3.8, 4) is 0 Å². The van der Waals surface area contributed by atoms with Crippen molar-refractivity contribution < 1.29 is 13.2 Å². The first kappa shape index (κ1) is 19.4. The Kier molecular flexibility index (Phi) is 5.25. The summed E-state index contributed by atoms with van der Waals surface area (Å²) in [7, 11) is -1.99. The fourth-order valence-corrected chi connectivity index (χ4v) is 4.81. The first-order valence-corrected chi connectivity index (χ1v) is 10.9. The highest BCUT2D eigenvalue weighted by Crippen LogP contribution is 2.25. The molecule has 29 heavy (non-hydrogen) atoms. The van der Waals surface area contributed by atoms with Crippen LogP contribution in [-0.2, 0) is 29.5 Å². The van der Waals surface area contributed by atoms with Crippen molar-refractivity contribution >= 4 is 15.9 Å². The summed E-state index contributed by atoms with van der Waals surface area (Å²) in [4.78, 5) is 17.6. The number of fused-ring (bicyclic) bond motifs is 1. The largest absolute Gasteiger partial charge is 0.357 e. The van der Waals surface area contributed by atoms with Crippen molar-refractivity contribution in [3.63, 3.8) is 0 Å².